The summed E-state index contributed by atoms with van der Waals surface area (Å²) in [5.41, 5.74) is 0. The van der Waals surface area contributed by atoms with E-state index in [-0.39, 0.29) is 0 Å². The molecule has 1 aliphatic rings. The molecule has 0 aromatic carbocycles. The van der Waals surface area contributed by atoms with Gasteiger partial charge in [-0.2, -0.15) is 0 Å². The summed E-state index contributed by atoms with van der Waals surface area (Å²) < 4.78 is 5.30. The van der Waals surface area contributed by atoms with Crippen LogP contribution in [0.3, 0.4) is 0 Å². The minimum absolute atomic E-state index is 0.723. The van der Waals surface area contributed by atoms with Gasteiger partial charge in [0.25, 0.3) is 0 Å². The molecule has 2 N–H and O–H groups in total. The second-order valence-corrected chi connectivity index (χ2v) is 5.61. The molecule has 0 amide bonds. The van der Waals surface area contributed by atoms with Crippen molar-refractivity contribution in [3.05, 3.63) is 0 Å². The first-order valence-corrected chi connectivity index (χ1v) is 8.77. The number of hydrogen-bond donors (Lipinski definition) is 2. The SMILES string of the molecule is CCOCCNC(=NC)NCCCCN1CCN(CC)CC1. The molecule has 1 saturated heterocycles. The number of nitrogens with one attached hydrogen (secondary N) is 2. The molecule has 6 nitrogen and oxygen atoms in total. The average molecular weight is 313 g/mol. The highest BCUT2D eigenvalue weighted by molar-refractivity contribution is 5.79. The van der Waals surface area contributed by atoms with Crippen LogP contribution < -0.4 is 10.6 Å². The molecule has 0 spiro atoms. The summed E-state index contributed by atoms with van der Waals surface area (Å²) >= 11 is 0. The Morgan fingerprint density at radius 1 is 1.00 bits per heavy atom. The van der Waals surface area contributed by atoms with E-state index in [0.717, 1.165) is 32.3 Å². The predicted molar refractivity (Wildman–Crippen MR) is 93.6 cm³/mol. The topological polar surface area (TPSA) is 52.1 Å². The number of hydrogen-bond acceptors (Lipinski definition) is 4. The van der Waals surface area contributed by atoms with Gasteiger partial charge in [0.05, 0.1) is 6.61 Å². The highest BCUT2D eigenvalue weighted by atomic mass is 16.5. The average Bonchev–Trinajstić information content (AvgIpc) is 2.57. The Morgan fingerprint density at radius 2 is 1.68 bits per heavy atom. The van der Waals surface area contributed by atoms with E-state index in [1.54, 1.807) is 0 Å². The molecule has 0 aromatic rings. The van der Waals surface area contributed by atoms with Crippen LogP contribution in [0.4, 0.5) is 0 Å². The number of nitrogens with zero attached hydrogens (tertiary/aromatic N) is 3. The number of ether oxygens (including phenoxy) is 1. The molecule has 1 rings (SSSR count). The molecule has 6 heteroatoms. The van der Waals surface area contributed by atoms with E-state index in [2.05, 4.69) is 32.3 Å². The van der Waals surface area contributed by atoms with Gasteiger partial charge in [0.15, 0.2) is 5.96 Å². The Balaban J connectivity index is 1.97. The molecular formula is C16H35N5O. The minimum Gasteiger partial charge on any atom is -0.380 e. The van der Waals surface area contributed by atoms with Crippen LogP contribution in [0.15, 0.2) is 4.99 Å². The van der Waals surface area contributed by atoms with E-state index in [1.165, 1.54) is 52.1 Å². The highest BCUT2D eigenvalue weighted by Crippen LogP contribution is 2.02. The van der Waals surface area contributed by atoms with Gasteiger partial charge in [-0.25, -0.2) is 0 Å². The summed E-state index contributed by atoms with van der Waals surface area (Å²) in [4.78, 5) is 9.32. The molecule has 22 heavy (non-hydrogen) atoms. The molecule has 0 bridgehead atoms. The van der Waals surface area contributed by atoms with Crippen molar-refractivity contribution >= 4 is 5.96 Å². The van der Waals surface area contributed by atoms with Crippen molar-refractivity contribution in [2.24, 2.45) is 4.99 Å². The van der Waals surface area contributed by atoms with E-state index < -0.39 is 0 Å². The molecule has 0 aromatic heterocycles. The zero-order valence-corrected chi connectivity index (χ0v) is 14.7. The fourth-order valence-corrected chi connectivity index (χ4v) is 2.60. The summed E-state index contributed by atoms with van der Waals surface area (Å²) in [6.45, 7) is 14.8. The number of aliphatic imine (C=N–C) groups is 1. The molecule has 1 fully saturated rings. The van der Waals surface area contributed by atoms with Gasteiger partial charge in [-0.1, -0.05) is 6.92 Å². The maximum absolute atomic E-state index is 5.30. The van der Waals surface area contributed by atoms with Gasteiger partial charge < -0.3 is 25.2 Å². The summed E-state index contributed by atoms with van der Waals surface area (Å²) in [6, 6.07) is 0. The van der Waals surface area contributed by atoms with Crippen molar-refractivity contribution in [2.75, 3.05) is 72.6 Å². The minimum atomic E-state index is 0.723. The maximum Gasteiger partial charge on any atom is 0.191 e. The first-order valence-electron chi connectivity index (χ1n) is 8.77. The third-order valence-corrected chi connectivity index (χ3v) is 4.07. The van der Waals surface area contributed by atoms with E-state index in [9.17, 15) is 0 Å². The standard InChI is InChI=1S/C16H35N5O/c1-4-20-11-13-21(14-12-20)10-7-6-8-18-16(17-3)19-9-15-22-5-2/h4-15H2,1-3H3,(H2,17,18,19). The van der Waals surface area contributed by atoms with Crippen LogP contribution in [0.5, 0.6) is 0 Å². The van der Waals surface area contributed by atoms with Gasteiger partial charge in [-0.05, 0) is 32.9 Å². The first-order chi connectivity index (χ1) is 10.8. The summed E-state index contributed by atoms with van der Waals surface area (Å²) in [5, 5.41) is 6.61. The Kier molecular flexibility index (Phi) is 11.1. The zero-order chi connectivity index (χ0) is 16.0. The Labute approximate surface area is 136 Å². The zero-order valence-electron chi connectivity index (χ0n) is 14.7. The van der Waals surface area contributed by atoms with Crippen LogP contribution in [0.1, 0.15) is 26.7 Å². The fourth-order valence-electron chi connectivity index (χ4n) is 2.60. The second-order valence-electron chi connectivity index (χ2n) is 5.61. The largest absolute Gasteiger partial charge is 0.380 e. The van der Waals surface area contributed by atoms with Crippen LogP contribution in [0.25, 0.3) is 0 Å². The number of guanidine groups is 1. The lowest BCUT2D eigenvalue weighted by atomic mass is 10.2. The van der Waals surface area contributed by atoms with Crippen molar-refractivity contribution < 1.29 is 4.74 Å². The van der Waals surface area contributed by atoms with E-state index in [0.29, 0.717) is 0 Å². The normalized spacial score (nSPS) is 17.7. The van der Waals surface area contributed by atoms with Crippen molar-refractivity contribution in [3.8, 4) is 0 Å². The lowest BCUT2D eigenvalue weighted by Crippen LogP contribution is -2.46. The van der Waals surface area contributed by atoms with Crippen LogP contribution in [-0.4, -0.2) is 88.4 Å². The smallest absolute Gasteiger partial charge is 0.191 e. The Bertz CT molecular complexity index is 290. The summed E-state index contributed by atoms with van der Waals surface area (Å²) in [5.74, 6) is 0.872. The predicted octanol–water partition coefficient (Wildman–Crippen LogP) is 0.606. The van der Waals surface area contributed by atoms with Crippen molar-refractivity contribution in [1.82, 2.24) is 20.4 Å². The number of rotatable bonds is 10. The molecule has 0 radical (unpaired) electrons. The van der Waals surface area contributed by atoms with E-state index in [4.69, 9.17) is 4.74 Å². The molecule has 1 aliphatic heterocycles. The molecule has 0 saturated carbocycles. The quantitative estimate of drug-likeness (QED) is 0.351. The van der Waals surface area contributed by atoms with Crippen LogP contribution in [-0.2, 0) is 4.74 Å². The number of unbranched alkanes of at least 4 members (excludes halogenated alkanes) is 1. The van der Waals surface area contributed by atoms with E-state index in [1.807, 2.05) is 14.0 Å². The summed E-state index contributed by atoms with van der Waals surface area (Å²) in [7, 11) is 1.81. The lowest BCUT2D eigenvalue weighted by Gasteiger charge is -2.34. The Hall–Kier alpha value is -0.850. The van der Waals surface area contributed by atoms with Gasteiger partial charge in [-0.3, -0.25) is 4.99 Å². The van der Waals surface area contributed by atoms with E-state index >= 15 is 0 Å². The molecule has 0 atom stereocenters. The lowest BCUT2D eigenvalue weighted by molar-refractivity contribution is 0.136. The van der Waals surface area contributed by atoms with Crippen LogP contribution in [0, 0.1) is 0 Å². The molecule has 1 heterocycles. The number of likely N-dealkylation sites (N-methyl/N-ethyl adjacent to an activating group) is 1. The van der Waals surface area contributed by atoms with Crippen LogP contribution in [0.2, 0.25) is 0 Å². The second kappa shape index (κ2) is 12.7. The molecular weight excluding hydrogens is 278 g/mol. The molecule has 0 unspecified atom stereocenters. The number of piperazine rings is 1. The van der Waals surface area contributed by atoms with Gasteiger partial charge in [0.2, 0.25) is 0 Å². The van der Waals surface area contributed by atoms with Crippen molar-refractivity contribution in [3.63, 3.8) is 0 Å². The van der Waals surface area contributed by atoms with Crippen molar-refractivity contribution in [1.29, 1.82) is 0 Å². The van der Waals surface area contributed by atoms with Crippen molar-refractivity contribution in [2.45, 2.75) is 26.7 Å². The third kappa shape index (κ3) is 8.56. The van der Waals surface area contributed by atoms with Gasteiger partial charge >= 0.3 is 0 Å². The molecule has 130 valence electrons. The van der Waals surface area contributed by atoms with Gasteiger partial charge in [0.1, 0.15) is 0 Å². The van der Waals surface area contributed by atoms with Crippen LogP contribution >= 0.6 is 0 Å². The fraction of sp³-hybridized carbons (Fsp3) is 0.938. The monoisotopic (exact) mass is 313 g/mol. The third-order valence-electron chi connectivity index (χ3n) is 4.07. The van der Waals surface area contributed by atoms with Gasteiger partial charge in [0, 0.05) is 52.9 Å². The Morgan fingerprint density at radius 3 is 2.32 bits per heavy atom. The molecule has 0 aliphatic carbocycles. The first kappa shape index (κ1) is 19.2. The summed E-state index contributed by atoms with van der Waals surface area (Å²) in [6.07, 6.45) is 2.43. The highest BCUT2D eigenvalue weighted by Gasteiger charge is 2.14. The maximum atomic E-state index is 5.30. The van der Waals surface area contributed by atoms with Gasteiger partial charge in [-0.15, -0.1) is 0 Å².